The van der Waals surface area contributed by atoms with Crippen LogP contribution in [0, 0.1) is 5.92 Å². The molecule has 1 aliphatic rings. The Balaban J connectivity index is 2.11. The molecule has 3 N–H and O–H groups in total. The van der Waals surface area contributed by atoms with Crippen molar-refractivity contribution in [2.24, 2.45) is 11.7 Å². The van der Waals surface area contributed by atoms with E-state index in [-0.39, 0.29) is 5.91 Å². The molecule has 0 spiro atoms. The van der Waals surface area contributed by atoms with E-state index in [1.807, 2.05) is 12.1 Å². The van der Waals surface area contributed by atoms with Gasteiger partial charge in [-0.05, 0) is 59.8 Å². The minimum Gasteiger partial charge on any atom is -0.368 e. The molecule has 4 nitrogen and oxygen atoms in total. The SMILES string of the molecule is CCCNC(CSc1ncccc1Br)(C(N)=O)C1CC1. The van der Waals surface area contributed by atoms with E-state index >= 15 is 0 Å². The molecule has 0 aromatic carbocycles. The fourth-order valence-electron chi connectivity index (χ4n) is 2.26. The molecular formula is C14H20BrN3OS. The number of carbonyl (C=O) groups is 1. The van der Waals surface area contributed by atoms with Gasteiger partial charge in [0.1, 0.15) is 10.6 Å². The lowest BCUT2D eigenvalue weighted by atomic mass is 9.94. The minimum absolute atomic E-state index is 0.243. The van der Waals surface area contributed by atoms with Crippen LogP contribution in [-0.4, -0.2) is 28.7 Å². The molecule has 6 heteroatoms. The number of aromatic nitrogens is 1. The van der Waals surface area contributed by atoms with Crippen LogP contribution in [0.5, 0.6) is 0 Å². The molecule has 1 saturated carbocycles. The molecule has 1 amide bonds. The van der Waals surface area contributed by atoms with Crippen molar-refractivity contribution >= 4 is 33.6 Å². The summed E-state index contributed by atoms with van der Waals surface area (Å²) in [7, 11) is 0. The number of carbonyl (C=O) groups excluding carboxylic acids is 1. The van der Waals surface area contributed by atoms with E-state index in [1.165, 1.54) is 0 Å². The van der Waals surface area contributed by atoms with Crippen LogP contribution in [0.25, 0.3) is 0 Å². The number of halogens is 1. The van der Waals surface area contributed by atoms with Gasteiger partial charge in [0.2, 0.25) is 5.91 Å². The molecule has 1 heterocycles. The molecular weight excluding hydrogens is 338 g/mol. The highest BCUT2D eigenvalue weighted by atomic mass is 79.9. The third-order valence-electron chi connectivity index (χ3n) is 3.57. The maximum Gasteiger partial charge on any atom is 0.238 e. The molecule has 0 radical (unpaired) electrons. The second-order valence-corrected chi connectivity index (χ2v) is 6.93. The Morgan fingerprint density at radius 1 is 1.65 bits per heavy atom. The third kappa shape index (κ3) is 3.54. The summed E-state index contributed by atoms with van der Waals surface area (Å²) in [6.45, 7) is 2.90. The van der Waals surface area contributed by atoms with Gasteiger partial charge in [0.25, 0.3) is 0 Å². The average Bonchev–Trinajstić information content (AvgIpc) is 3.25. The van der Waals surface area contributed by atoms with Gasteiger partial charge in [0, 0.05) is 16.4 Å². The van der Waals surface area contributed by atoms with Crippen molar-refractivity contribution in [3.8, 4) is 0 Å². The first-order valence-corrected chi connectivity index (χ1v) is 8.66. The molecule has 0 saturated heterocycles. The molecule has 0 aliphatic heterocycles. The summed E-state index contributed by atoms with van der Waals surface area (Å²) in [6, 6.07) is 3.84. The standard InChI is InChI=1S/C14H20BrN3OS/c1-2-7-18-14(13(16)19,10-5-6-10)9-20-12-11(15)4-3-8-17-12/h3-4,8,10,18H,2,5-7,9H2,1H3,(H2,16,19). The molecule has 1 atom stereocenters. The summed E-state index contributed by atoms with van der Waals surface area (Å²) in [4.78, 5) is 16.4. The van der Waals surface area contributed by atoms with Crippen molar-refractivity contribution in [3.05, 3.63) is 22.8 Å². The maximum absolute atomic E-state index is 12.0. The van der Waals surface area contributed by atoms with Gasteiger partial charge in [-0.15, -0.1) is 11.8 Å². The van der Waals surface area contributed by atoms with E-state index in [2.05, 4.69) is 33.2 Å². The number of hydrogen-bond donors (Lipinski definition) is 2. The summed E-state index contributed by atoms with van der Waals surface area (Å²) in [6.07, 6.45) is 4.89. The van der Waals surface area contributed by atoms with E-state index < -0.39 is 5.54 Å². The zero-order valence-electron chi connectivity index (χ0n) is 11.6. The van der Waals surface area contributed by atoms with Crippen molar-refractivity contribution in [1.82, 2.24) is 10.3 Å². The van der Waals surface area contributed by atoms with Gasteiger partial charge in [-0.3, -0.25) is 4.79 Å². The van der Waals surface area contributed by atoms with Gasteiger partial charge in [-0.25, -0.2) is 4.98 Å². The zero-order chi connectivity index (χ0) is 14.6. The van der Waals surface area contributed by atoms with Crippen LogP contribution >= 0.6 is 27.7 Å². The Hall–Kier alpha value is -0.590. The molecule has 0 bridgehead atoms. The normalized spacial score (nSPS) is 17.7. The highest BCUT2D eigenvalue weighted by molar-refractivity contribution is 9.10. The zero-order valence-corrected chi connectivity index (χ0v) is 14.0. The molecule has 1 aromatic rings. The fraction of sp³-hybridized carbons (Fsp3) is 0.571. The van der Waals surface area contributed by atoms with Crippen LogP contribution in [0.3, 0.4) is 0 Å². The number of rotatable bonds is 8. The lowest BCUT2D eigenvalue weighted by Crippen LogP contribution is -2.59. The summed E-state index contributed by atoms with van der Waals surface area (Å²) in [5.74, 6) is 0.748. The van der Waals surface area contributed by atoms with E-state index in [9.17, 15) is 4.79 Å². The molecule has 1 fully saturated rings. The van der Waals surface area contributed by atoms with E-state index in [4.69, 9.17) is 5.73 Å². The Labute approximate surface area is 132 Å². The molecule has 1 aromatic heterocycles. The Morgan fingerprint density at radius 3 is 2.95 bits per heavy atom. The minimum atomic E-state index is -0.600. The predicted molar refractivity (Wildman–Crippen MR) is 85.6 cm³/mol. The maximum atomic E-state index is 12.0. The van der Waals surface area contributed by atoms with Crippen molar-refractivity contribution in [3.63, 3.8) is 0 Å². The quantitative estimate of drug-likeness (QED) is 0.701. The molecule has 2 rings (SSSR count). The van der Waals surface area contributed by atoms with Crippen LogP contribution in [-0.2, 0) is 4.79 Å². The summed E-state index contributed by atoms with van der Waals surface area (Å²) in [5.41, 5.74) is 5.11. The summed E-state index contributed by atoms with van der Waals surface area (Å²) in [5, 5.41) is 4.30. The first-order chi connectivity index (χ1) is 9.60. The molecule has 110 valence electrons. The number of pyridine rings is 1. The number of amides is 1. The van der Waals surface area contributed by atoms with Crippen molar-refractivity contribution in [2.75, 3.05) is 12.3 Å². The number of nitrogens with one attached hydrogen (secondary N) is 1. The first kappa shape index (κ1) is 15.8. The average molecular weight is 358 g/mol. The number of thioether (sulfide) groups is 1. The molecule has 1 unspecified atom stereocenters. The molecule has 20 heavy (non-hydrogen) atoms. The Morgan fingerprint density at radius 2 is 2.40 bits per heavy atom. The highest BCUT2D eigenvalue weighted by Gasteiger charge is 2.49. The largest absolute Gasteiger partial charge is 0.368 e. The van der Waals surface area contributed by atoms with E-state index in [0.29, 0.717) is 11.7 Å². The van der Waals surface area contributed by atoms with Gasteiger partial charge in [0.15, 0.2) is 0 Å². The second kappa shape index (κ2) is 6.91. The lowest BCUT2D eigenvalue weighted by molar-refractivity contribution is -0.124. The Bertz CT molecular complexity index is 481. The number of nitrogens with two attached hydrogens (primary N) is 1. The lowest BCUT2D eigenvalue weighted by Gasteiger charge is -2.31. The third-order valence-corrected chi connectivity index (χ3v) is 5.67. The number of primary amides is 1. The highest BCUT2D eigenvalue weighted by Crippen LogP contribution is 2.42. The first-order valence-electron chi connectivity index (χ1n) is 6.88. The van der Waals surface area contributed by atoms with Crippen LogP contribution in [0.4, 0.5) is 0 Å². The van der Waals surface area contributed by atoms with Gasteiger partial charge in [-0.2, -0.15) is 0 Å². The van der Waals surface area contributed by atoms with Crippen molar-refractivity contribution in [1.29, 1.82) is 0 Å². The fourth-order valence-corrected chi connectivity index (χ4v) is 4.04. The summed E-state index contributed by atoms with van der Waals surface area (Å²) < 4.78 is 0.953. The van der Waals surface area contributed by atoms with E-state index in [0.717, 1.165) is 35.3 Å². The van der Waals surface area contributed by atoms with Crippen LogP contribution in [0.15, 0.2) is 27.8 Å². The van der Waals surface area contributed by atoms with Crippen molar-refractivity contribution < 1.29 is 4.79 Å². The van der Waals surface area contributed by atoms with Crippen molar-refractivity contribution in [2.45, 2.75) is 36.8 Å². The topological polar surface area (TPSA) is 68.0 Å². The second-order valence-electron chi connectivity index (χ2n) is 5.12. The van der Waals surface area contributed by atoms with Gasteiger partial charge >= 0.3 is 0 Å². The molecule has 1 aliphatic carbocycles. The van der Waals surface area contributed by atoms with Crippen LogP contribution in [0.2, 0.25) is 0 Å². The van der Waals surface area contributed by atoms with Gasteiger partial charge in [-0.1, -0.05) is 6.92 Å². The number of nitrogens with zero attached hydrogens (tertiary/aromatic N) is 1. The van der Waals surface area contributed by atoms with Crippen LogP contribution < -0.4 is 11.1 Å². The van der Waals surface area contributed by atoms with Gasteiger partial charge < -0.3 is 11.1 Å². The summed E-state index contributed by atoms with van der Waals surface area (Å²) >= 11 is 5.07. The smallest absolute Gasteiger partial charge is 0.238 e. The van der Waals surface area contributed by atoms with Crippen LogP contribution in [0.1, 0.15) is 26.2 Å². The monoisotopic (exact) mass is 357 g/mol. The number of hydrogen-bond acceptors (Lipinski definition) is 4. The Kier molecular flexibility index (Phi) is 5.46. The van der Waals surface area contributed by atoms with E-state index in [1.54, 1.807) is 18.0 Å². The van der Waals surface area contributed by atoms with Gasteiger partial charge in [0.05, 0.1) is 0 Å². The predicted octanol–water partition coefficient (Wildman–Crippen LogP) is 2.57.